The summed E-state index contributed by atoms with van der Waals surface area (Å²) in [6, 6.07) is 5.35. The highest BCUT2D eigenvalue weighted by Crippen LogP contribution is 2.19. The Morgan fingerprint density at radius 2 is 2.38 bits per heavy atom. The average Bonchev–Trinajstić information content (AvgIpc) is 2.23. The summed E-state index contributed by atoms with van der Waals surface area (Å²) in [6.07, 6.45) is 5.09. The number of benzene rings is 1. The molecule has 0 aromatic heterocycles. The molecule has 1 rings (SSSR count). The highest BCUT2D eigenvalue weighted by atomic mass is 35.5. The van der Waals surface area contributed by atoms with E-state index in [1.165, 1.54) is 11.8 Å². The average molecular weight is 254 g/mol. The van der Waals surface area contributed by atoms with Crippen LogP contribution in [-0.2, 0) is 4.79 Å². The van der Waals surface area contributed by atoms with Gasteiger partial charge in [0.15, 0.2) is 0 Å². The van der Waals surface area contributed by atoms with E-state index in [4.69, 9.17) is 18.0 Å². The van der Waals surface area contributed by atoms with Crippen LogP contribution in [0.2, 0.25) is 5.02 Å². The molecule has 84 valence electrons. The second-order valence-electron chi connectivity index (χ2n) is 3.20. The number of terminal acetylenes is 1. The molecule has 1 N–H and O–H groups in total. The van der Waals surface area contributed by atoms with Crippen LogP contribution in [0.3, 0.4) is 0 Å². The molecule has 2 nitrogen and oxygen atoms in total. The highest BCUT2D eigenvalue weighted by Gasteiger charge is 2.04. The zero-order chi connectivity index (χ0) is 12.0. The molecule has 0 radical (unpaired) electrons. The fourth-order valence-electron chi connectivity index (χ4n) is 1.16. The number of hydrogen-bond donors (Lipinski definition) is 1. The number of carbonyl (C=O) groups is 1. The van der Waals surface area contributed by atoms with Gasteiger partial charge in [0.1, 0.15) is 0 Å². The lowest BCUT2D eigenvalue weighted by atomic mass is 10.2. The van der Waals surface area contributed by atoms with Crippen LogP contribution < -0.4 is 5.32 Å². The van der Waals surface area contributed by atoms with Crippen molar-refractivity contribution in [2.45, 2.75) is 6.92 Å². The number of anilines is 1. The van der Waals surface area contributed by atoms with Gasteiger partial charge in [-0.1, -0.05) is 17.5 Å². The molecule has 0 aliphatic carbocycles. The van der Waals surface area contributed by atoms with Gasteiger partial charge in [0.2, 0.25) is 5.91 Å². The largest absolute Gasteiger partial charge is 0.325 e. The fraction of sp³-hybridized carbons (Fsp3) is 0.250. The Bertz CT molecular complexity index is 426. The third-order valence-electron chi connectivity index (χ3n) is 1.88. The minimum Gasteiger partial charge on any atom is -0.325 e. The molecular formula is C12H12ClNOS. The molecule has 0 heterocycles. The summed E-state index contributed by atoms with van der Waals surface area (Å²) >= 11 is 7.23. The number of hydrogen-bond acceptors (Lipinski definition) is 2. The number of rotatable bonds is 4. The molecule has 0 atom stereocenters. The van der Waals surface area contributed by atoms with Crippen molar-refractivity contribution in [1.82, 2.24) is 0 Å². The summed E-state index contributed by atoms with van der Waals surface area (Å²) in [5, 5.41) is 3.47. The summed E-state index contributed by atoms with van der Waals surface area (Å²) in [7, 11) is 0. The van der Waals surface area contributed by atoms with E-state index >= 15 is 0 Å². The van der Waals surface area contributed by atoms with E-state index in [1.807, 2.05) is 13.0 Å². The second-order valence-corrected chi connectivity index (χ2v) is 4.63. The maximum Gasteiger partial charge on any atom is 0.234 e. The fourth-order valence-corrected chi connectivity index (χ4v) is 1.86. The van der Waals surface area contributed by atoms with E-state index in [2.05, 4.69) is 11.2 Å². The molecule has 1 aromatic rings. The lowest BCUT2D eigenvalue weighted by Crippen LogP contribution is -2.15. The van der Waals surface area contributed by atoms with Crippen LogP contribution in [0.25, 0.3) is 0 Å². The zero-order valence-corrected chi connectivity index (χ0v) is 10.5. The van der Waals surface area contributed by atoms with E-state index in [1.54, 1.807) is 12.1 Å². The van der Waals surface area contributed by atoms with Crippen LogP contribution in [0.5, 0.6) is 0 Å². The van der Waals surface area contributed by atoms with Gasteiger partial charge in [0.05, 0.1) is 11.5 Å². The first-order valence-corrected chi connectivity index (χ1v) is 6.24. The molecule has 0 aliphatic heterocycles. The number of thioether (sulfide) groups is 1. The number of amides is 1. The first-order valence-electron chi connectivity index (χ1n) is 4.70. The Hall–Kier alpha value is -1.11. The molecule has 1 aromatic carbocycles. The topological polar surface area (TPSA) is 29.1 Å². The van der Waals surface area contributed by atoms with Gasteiger partial charge >= 0.3 is 0 Å². The number of nitrogens with one attached hydrogen (secondary N) is 1. The van der Waals surface area contributed by atoms with Crippen LogP contribution in [0.15, 0.2) is 18.2 Å². The molecule has 16 heavy (non-hydrogen) atoms. The third kappa shape index (κ3) is 4.18. The Morgan fingerprint density at radius 3 is 3.00 bits per heavy atom. The number of aryl methyl sites for hydroxylation is 1. The van der Waals surface area contributed by atoms with Crippen molar-refractivity contribution < 1.29 is 4.79 Å². The van der Waals surface area contributed by atoms with Crippen LogP contribution in [0.1, 0.15) is 5.56 Å². The molecule has 0 fully saturated rings. The normalized spacial score (nSPS) is 9.56. The molecule has 1 amide bonds. The SMILES string of the molecule is C#CCSCC(=O)Nc1ccc(Cl)cc1C. The monoisotopic (exact) mass is 253 g/mol. The van der Waals surface area contributed by atoms with Crippen molar-refractivity contribution in [2.75, 3.05) is 16.8 Å². The summed E-state index contributed by atoms with van der Waals surface area (Å²) in [4.78, 5) is 11.5. The van der Waals surface area contributed by atoms with E-state index in [9.17, 15) is 4.79 Å². The lowest BCUT2D eigenvalue weighted by molar-refractivity contribution is -0.113. The molecule has 0 bridgehead atoms. The minimum absolute atomic E-state index is 0.0503. The van der Waals surface area contributed by atoms with Crippen molar-refractivity contribution in [1.29, 1.82) is 0 Å². The van der Waals surface area contributed by atoms with Crippen LogP contribution in [-0.4, -0.2) is 17.4 Å². The summed E-state index contributed by atoms with van der Waals surface area (Å²) in [5.41, 5.74) is 1.73. The first kappa shape index (κ1) is 13.0. The van der Waals surface area contributed by atoms with E-state index in [0.29, 0.717) is 16.5 Å². The first-order chi connectivity index (χ1) is 7.63. The van der Waals surface area contributed by atoms with E-state index < -0.39 is 0 Å². The van der Waals surface area contributed by atoms with E-state index in [-0.39, 0.29) is 5.91 Å². The smallest absolute Gasteiger partial charge is 0.234 e. The predicted molar refractivity (Wildman–Crippen MR) is 71.0 cm³/mol. The predicted octanol–water partition coefficient (Wildman–Crippen LogP) is 2.95. The quantitative estimate of drug-likeness (QED) is 0.660. The third-order valence-corrected chi connectivity index (χ3v) is 2.95. The van der Waals surface area contributed by atoms with Gasteiger partial charge in [-0.05, 0) is 30.7 Å². The molecule has 4 heteroatoms. The highest BCUT2D eigenvalue weighted by molar-refractivity contribution is 8.00. The lowest BCUT2D eigenvalue weighted by Gasteiger charge is -2.07. The van der Waals surface area contributed by atoms with Crippen LogP contribution in [0, 0.1) is 19.3 Å². The number of carbonyl (C=O) groups excluding carboxylic acids is 1. The second kappa shape index (κ2) is 6.47. The molecular weight excluding hydrogens is 242 g/mol. The Morgan fingerprint density at radius 1 is 1.62 bits per heavy atom. The molecule has 0 saturated heterocycles. The van der Waals surface area contributed by atoms with Gasteiger partial charge in [-0.25, -0.2) is 0 Å². The van der Waals surface area contributed by atoms with Crippen molar-refractivity contribution >= 4 is 35.0 Å². The van der Waals surface area contributed by atoms with Crippen molar-refractivity contribution in [3.8, 4) is 12.3 Å². The van der Waals surface area contributed by atoms with E-state index in [0.717, 1.165) is 11.3 Å². The van der Waals surface area contributed by atoms with Gasteiger partial charge < -0.3 is 5.32 Å². The van der Waals surface area contributed by atoms with Crippen molar-refractivity contribution in [2.24, 2.45) is 0 Å². The summed E-state index contributed by atoms with van der Waals surface area (Å²) in [6.45, 7) is 1.90. The van der Waals surface area contributed by atoms with Gasteiger partial charge in [-0.2, -0.15) is 0 Å². The Labute approximate surface area is 105 Å². The molecule has 0 aliphatic rings. The van der Waals surface area contributed by atoms with Gasteiger partial charge in [-0.3, -0.25) is 4.79 Å². The van der Waals surface area contributed by atoms with Crippen LogP contribution in [0.4, 0.5) is 5.69 Å². The molecule has 0 spiro atoms. The van der Waals surface area contributed by atoms with Crippen molar-refractivity contribution in [3.05, 3.63) is 28.8 Å². The Kier molecular flexibility index (Phi) is 5.24. The summed E-state index contributed by atoms with van der Waals surface area (Å²) in [5.74, 6) is 3.34. The molecule has 0 saturated carbocycles. The van der Waals surface area contributed by atoms with Gasteiger partial charge in [0.25, 0.3) is 0 Å². The standard InChI is InChI=1S/C12H12ClNOS/c1-3-6-16-8-12(15)14-11-5-4-10(13)7-9(11)2/h1,4-5,7H,6,8H2,2H3,(H,14,15). The maximum absolute atomic E-state index is 11.5. The van der Waals surface area contributed by atoms with Crippen LogP contribution >= 0.6 is 23.4 Å². The minimum atomic E-state index is -0.0503. The zero-order valence-electron chi connectivity index (χ0n) is 8.92. The van der Waals surface area contributed by atoms with Crippen molar-refractivity contribution in [3.63, 3.8) is 0 Å². The Balaban J connectivity index is 2.53. The van der Waals surface area contributed by atoms with Gasteiger partial charge in [-0.15, -0.1) is 18.2 Å². The number of halogens is 1. The van der Waals surface area contributed by atoms with Gasteiger partial charge in [0, 0.05) is 10.7 Å². The molecule has 0 unspecified atom stereocenters. The summed E-state index contributed by atoms with van der Waals surface area (Å²) < 4.78 is 0. The maximum atomic E-state index is 11.5.